The van der Waals surface area contributed by atoms with Crippen molar-refractivity contribution in [2.24, 2.45) is 0 Å². The number of rotatable bonds is 7. The Kier molecular flexibility index (Phi) is 6.11. The van der Waals surface area contributed by atoms with E-state index >= 15 is 0 Å². The number of hydrogen-bond donors (Lipinski definition) is 1. The second-order valence-electron chi connectivity index (χ2n) is 5.27. The van der Waals surface area contributed by atoms with Crippen molar-refractivity contribution in [2.75, 3.05) is 13.7 Å². The number of nitrogens with one attached hydrogen (secondary N) is 1. The molecule has 0 aliphatic heterocycles. The van der Waals surface area contributed by atoms with Crippen LogP contribution >= 0.6 is 0 Å². The summed E-state index contributed by atoms with van der Waals surface area (Å²) in [4.78, 5) is 11.7. The Hall–Kier alpha value is -2.45. The van der Waals surface area contributed by atoms with Gasteiger partial charge < -0.3 is 9.47 Å². The highest BCUT2D eigenvalue weighted by Gasteiger charge is 2.16. The number of sulfonamides is 1. The van der Waals surface area contributed by atoms with Gasteiger partial charge in [0.05, 0.1) is 12.0 Å². The van der Waals surface area contributed by atoms with Crippen molar-refractivity contribution in [1.82, 2.24) is 4.72 Å². The van der Waals surface area contributed by atoms with Gasteiger partial charge in [0.15, 0.2) is 11.6 Å². The van der Waals surface area contributed by atoms with Crippen LogP contribution in [0.1, 0.15) is 11.1 Å². The van der Waals surface area contributed by atoms with Gasteiger partial charge in [-0.1, -0.05) is 23.8 Å². The summed E-state index contributed by atoms with van der Waals surface area (Å²) >= 11 is 0. The molecular formula is C17H18FNO5S. The van der Waals surface area contributed by atoms with Crippen LogP contribution in [0.3, 0.4) is 0 Å². The van der Waals surface area contributed by atoms with Crippen molar-refractivity contribution in [2.45, 2.75) is 18.4 Å². The van der Waals surface area contributed by atoms with Crippen LogP contribution in [-0.2, 0) is 26.2 Å². The molecule has 2 aromatic rings. The van der Waals surface area contributed by atoms with Gasteiger partial charge >= 0.3 is 5.97 Å². The summed E-state index contributed by atoms with van der Waals surface area (Å²) in [5.41, 5.74) is 1.35. The monoisotopic (exact) mass is 367 g/mol. The van der Waals surface area contributed by atoms with Crippen LogP contribution in [0, 0.1) is 12.7 Å². The largest absolute Gasteiger partial charge is 0.494 e. The molecule has 0 aliphatic carbocycles. The first kappa shape index (κ1) is 18.9. The maximum atomic E-state index is 13.5. The maximum absolute atomic E-state index is 13.5. The number of aryl methyl sites for hydroxylation is 1. The first-order chi connectivity index (χ1) is 11.8. The third-order valence-corrected chi connectivity index (χ3v) is 4.77. The molecule has 0 aromatic heterocycles. The molecule has 0 saturated heterocycles. The zero-order valence-electron chi connectivity index (χ0n) is 13.8. The lowest BCUT2D eigenvalue weighted by molar-refractivity contribution is -0.143. The van der Waals surface area contributed by atoms with Gasteiger partial charge in [-0.25, -0.2) is 12.8 Å². The average Bonchev–Trinajstić information content (AvgIpc) is 2.59. The van der Waals surface area contributed by atoms with Crippen molar-refractivity contribution in [3.63, 3.8) is 0 Å². The summed E-state index contributed by atoms with van der Waals surface area (Å²) in [6, 6.07) is 10.4. The number of benzene rings is 2. The van der Waals surface area contributed by atoms with E-state index in [0.717, 1.165) is 5.56 Å². The Morgan fingerprint density at radius 1 is 1.16 bits per heavy atom. The Balaban J connectivity index is 1.88. The number of methoxy groups -OCH3 is 1. The fraction of sp³-hybridized carbons (Fsp3) is 0.235. The molecule has 0 spiro atoms. The summed E-state index contributed by atoms with van der Waals surface area (Å²) in [6.45, 7) is 1.14. The van der Waals surface area contributed by atoms with Gasteiger partial charge in [0.25, 0.3) is 0 Å². The number of ether oxygens (including phenoxy) is 2. The van der Waals surface area contributed by atoms with Crippen LogP contribution in [-0.4, -0.2) is 28.0 Å². The van der Waals surface area contributed by atoms with Gasteiger partial charge in [0, 0.05) is 0 Å². The van der Waals surface area contributed by atoms with E-state index in [4.69, 9.17) is 9.47 Å². The van der Waals surface area contributed by atoms with Gasteiger partial charge in [-0.05, 0) is 36.8 Å². The van der Waals surface area contributed by atoms with Crippen molar-refractivity contribution >= 4 is 16.0 Å². The number of hydrogen-bond acceptors (Lipinski definition) is 5. The lowest BCUT2D eigenvalue weighted by atomic mass is 10.2. The summed E-state index contributed by atoms with van der Waals surface area (Å²) in [5, 5.41) is 0. The normalized spacial score (nSPS) is 11.2. The highest BCUT2D eigenvalue weighted by molar-refractivity contribution is 7.89. The van der Waals surface area contributed by atoms with Gasteiger partial charge in [-0.15, -0.1) is 0 Å². The summed E-state index contributed by atoms with van der Waals surface area (Å²) in [6.07, 6.45) is 0. The lowest BCUT2D eigenvalue weighted by Gasteiger charge is -2.09. The molecule has 0 unspecified atom stereocenters. The van der Waals surface area contributed by atoms with Crippen LogP contribution < -0.4 is 9.46 Å². The predicted octanol–water partition coefficient (Wildman–Crippen LogP) is 2.16. The minimum Gasteiger partial charge on any atom is -0.494 e. The minimum atomic E-state index is -3.80. The molecule has 6 nitrogen and oxygen atoms in total. The lowest BCUT2D eigenvalue weighted by Crippen LogP contribution is -2.30. The third kappa shape index (κ3) is 5.27. The van der Waals surface area contributed by atoms with Gasteiger partial charge in [0.2, 0.25) is 10.0 Å². The van der Waals surface area contributed by atoms with Crippen molar-refractivity contribution in [1.29, 1.82) is 0 Å². The van der Waals surface area contributed by atoms with E-state index < -0.39 is 28.4 Å². The Morgan fingerprint density at radius 2 is 1.84 bits per heavy atom. The standard InChI is InChI=1S/C17H18FNO5S/c1-12-3-6-14(7-4-12)25(21,22)19-10-17(20)24-11-13-5-8-16(23-2)15(18)9-13/h3-9,19H,10-11H2,1-2H3. The van der Waals surface area contributed by atoms with Gasteiger partial charge in [-0.3, -0.25) is 4.79 Å². The topological polar surface area (TPSA) is 81.7 Å². The molecule has 8 heteroatoms. The number of halogens is 1. The third-order valence-electron chi connectivity index (χ3n) is 3.35. The zero-order valence-corrected chi connectivity index (χ0v) is 14.6. The van der Waals surface area contributed by atoms with Gasteiger partial charge in [0.1, 0.15) is 13.2 Å². The first-order valence-corrected chi connectivity index (χ1v) is 8.84. The predicted molar refractivity (Wildman–Crippen MR) is 89.1 cm³/mol. The molecule has 0 atom stereocenters. The molecule has 0 fully saturated rings. The Bertz CT molecular complexity index is 850. The molecule has 0 saturated carbocycles. The molecule has 0 bridgehead atoms. The highest BCUT2D eigenvalue weighted by Crippen LogP contribution is 2.18. The van der Waals surface area contributed by atoms with E-state index in [-0.39, 0.29) is 17.3 Å². The molecule has 1 N–H and O–H groups in total. The number of esters is 1. The van der Waals surface area contributed by atoms with E-state index in [1.165, 1.54) is 31.4 Å². The first-order valence-electron chi connectivity index (χ1n) is 7.36. The van der Waals surface area contributed by atoms with Crippen molar-refractivity contribution in [3.8, 4) is 5.75 Å². The summed E-state index contributed by atoms with van der Waals surface area (Å²) in [7, 11) is -2.45. The quantitative estimate of drug-likeness (QED) is 0.759. The Morgan fingerprint density at radius 3 is 2.44 bits per heavy atom. The molecular weight excluding hydrogens is 349 g/mol. The fourth-order valence-corrected chi connectivity index (χ4v) is 2.94. The van der Waals surface area contributed by atoms with E-state index in [1.54, 1.807) is 18.2 Å². The van der Waals surface area contributed by atoms with Crippen molar-refractivity contribution < 1.29 is 27.1 Å². The Labute approximate surface area is 145 Å². The maximum Gasteiger partial charge on any atom is 0.321 e. The molecule has 0 heterocycles. The molecule has 2 rings (SSSR count). The molecule has 25 heavy (non-hydrogen) atoms. The average molecular weight is 367 g/mol. The molecule has 0 amide bonds. The van der Waals surface area contributed by atoms with Crippen LogP contribution in [0.15, 0.2) is 47.4 Å². The minimum absolute atomic E-state index is 0.0584. The molecule has 0 radical (unpaired) electrons. The SMILES string of the molecule is COc1ccc(COC(=O)CNS(=O)(=O)c2ccc(C)cc2)cc1F. The van der Waals surface area contributed by atoms with Crippen LogP contribution in [0.2, 0.25) is 0 Å². The second kappa shape index (κ2) is 8.09. The van der Waals surface area contributed by atoms with E-state index in [0.29, 0.717) is 5.56 Å². The molecule has 0 aliphatic rings. The summed E-state index contributed by atoms with van der Waals surface area (Å²) in [5.74, 6) is -1.26. The highest BCUT2D eigenvalue weighted by atomic mass is 32.2. The molecule has 134 valence electrons. The summed E-state index contributed by atoms with van der Waals surface area (Å²) < 4.78 is 49.5. The number of carbonyl (C=O) groups excluding carboxylic acids is 1. The van der Waals surface area contributed by atoms with Crippen LogP contribution in [0.5, 0.6) is 5.75 Å². The molecule has 2 aromatic carbocycles. The van der Waals surface area contributed by atoms with Crippen LogP contribution in [0.25, 0.3) is 0 Å². The van der Waals surface area contributed by atoms with E-state index in [2.05, 4.69) is 4.72 Å². The second-order valence-corrected chi connectivity index (χ2v) is 7.03. The smallest absolute Gasteiger partial charge is 0.321 e. The van der Waals surface area contributed by atoms with E-state index in [9.17, 15) is 17.6 Å². The van der Waals surface area contributed by atoms with Gasteiger partial charge in [-0.2, -0.15) is 4.72 Å². The zero-order chi connectivity index (χ0) is 18.4. The van der Waals surface area contributed by atoms with Crippen LogP contribution in [0.4, 0.5) is 4.39 Å². The van der Waals surface area contributed by atoms with E-state index in [1.807, 2.05) is 6.92 Å². The number of carbonyl (C=O) groups is 1. The fourth-order valence-electron chi connectivity index (χ4n) is 1.97. The van der Waals surface area contributed by atoms with Crippen molar-refractivity contribution in [3.05, 3.63) is 59.4 Å².